The quantitative estimate of drug-likeness (QED) is 0.787. The van der Waals surface area contributed by atoms with Gasteiger partial charge in [0.25, 0.3) is 0 Å². The summed E-state index contributed by atoms with van der Waals surface area (Å²) in [6, 6.07) is 0.443. The molecule has 1 saturated carbocycles. The lowest BCUT2D eigenvalue weighted by Crippen LogP contribution is -2.41. The monoisotopic (exact) mass is 238 g/mol. The highest BCUT2D eigenvalue weighted by molar-refractivity contribution is 5.76. The first-order valence-corrected chi connectivity index (χ1v) is 7.26. The fourth-order valence-corrected chi connectivity index (χ4v) is 3.11. The highest BCUT2D eigenvalue weighted by Gasteiger charge is 2.23. The lowest BCUT2D eigenvalue weighted by Gasteiger charge is -2.29. The number of carbonyl (C=O) groups is 1. The Bertz CT molecular complexity index is 249. The van der Waals surface area contributed by atoms with Crippen LogP contribution in [0, 0.1) is 11.8 Å². The molecule has 0 bridgehead atoms. The Balaban J connectivity index is 1.65. The molecule has 2 aliphatic rings. The molecule has 3 nitrogen and oxygen atoms in total. The summed E-state index contributed by atoms with van der Waals surface area (Å²) < 4.78 is 0. The third-order valence-corrected chi connectivity index (χ3v) is 4.40. The number of nitrogens with one attached hydrogen (secondary N) is 2. The fraction of sp³-hybridized carbons (Fsp3) is 0.929. The third kappa shape index (κ3) is 3.98. The van der Waals surface area contributed by atoms with Crippen molar-refractivity contribution >= 4 is 5.91 Å². The Hall–Kier alpha value is -0.570. The first-order chi connectivity index (χ1) is 8.25. The van der Waals surface area contributed by atoms with E-state index in [-0.39, 0.29) is 5.91 Å². The smallest absolute Gasteiger partial charge is 0.220 e. The number of amides is 1. The molecule has 0 aromatic rings. The maximum atomic E-state index is 11.9. The molecule has 3 unspecified atom stereocenters. The van der Waals surface area contributed by atoms with Crippen molar-refractivity contribution in [1.82, 2.24) is 10.6 Å². The van der Waals surface area contributed by atoms with E-state index in [1.165, 1.54) is 32.1 Å². The second-order valence-corrected chi connectivity index (χ2v) is 5.83. The molecule has 1 amide bonds. The van der Waals surface area contributed by atoms with Crippen LogP contribution in [0.25, 0.3) is 0 Å². The molecular weight excluding hydrogens is 212 g/mol. The van der Waals surface area contributed by atoms with E-state index in [2.05, 4.69) is 17.6 Å². The van der Waals surface area contributed by atoms with Gasteiger partial charge in [0.05, 0.1) is 0 Å². The standard InChI is InChI=1S/C14H26N2O/c1-11-4-2-3-5-13(11)16-14(17)7-6-12-8-9-15-10-12/h11-13,15H,2-10H2,1H3,(H,16,17). The average molecular weight is 238 g/mol. The molecule has 0 spiro atoms. The van der Waals surface area contributed by atoms with Crippen molar-refractivity contribution in [2.75, 3.05) is 13.1 Å². The molecule has 1 heterocycles. The van der Waals surface area contributed by atoms with Gasteiger partial charge in [-0.05, 0) is 50.6 Å². The van der Waals surface area contributed by atoms with Gasteiger partial charge in [-0.25, -0.2) is 0 Å². The third-order valence-electron chi connectivity index (χ3n) is 4.40. The van der Waals surface area contributed by atoms with Gasteiger partial charge < -0.3 is 10.6 Å². The predicted molar refractivity (Wildman–Crippen MR) is 69.8 cm³/mol. The predicted octanol–water partition coefficient (Wildman–Crippen LogP) is 2.07. The van der Waals surface area contributed by atoms with E-state index in [4.69, 9.17) is 0 Å². The van der Waals surface area contributed by atoms with Crippen molar-refractivity contribution in [1.29, 1.82) is 0 Å². The second-order valence-electron chi connectivity index (χ2n) is 5.83. The van der Waals surface area contributed by atoms with E-state index in [1.54, 1.807) is 0 Å². The van der Waals surface area contributed by atoms with E-state index in [0.29, 0.717) is 12.0 Å². The molecule has 2 N–H and O–H groups in total. The minimum absolute atomic E-state index is 0.274. The van der Waals surface area contributed by atoms with E-state index in [9.17, 15) is 4.79 Å². The maximum Gasteiger partial charge on any atom is 0.220 e. The van der Waals surface area contributed by atoms with Crippen LogP contribution in [0.4, 0.5) is 0 Å². The van der Waals surface area contributed by atoms with Crippen molar-refractivity contribution in [2.45, 2.75) is 57.9 Å². The number of hydrogen-bond donors (Lipinski definition) is 2. The number of carbonyl (C=O) groups excluding carboxylic acids is 1. The van der Waals surface area contributed by atoms with Gasteiger partial charge in [-0.15, -0.1) is 0 Å². The van der Waals surface area contributed by atoms with Gasteiger partial charge in [0, 0.05) is 12.5 Å². The number of rotatable bonds is 4. The minimum Gasteiger partial charge on any atom is -0.353 e. The summed E-state index contributed by atoms with van der Waals surface area (Å²) in [7, 11) is 0. The van der Waals surface area contributed by atoms with E-state index in [0.717, 1.165) is 31.8 Å². The molecule has 1 aliphatic carbocycles. The van der Waals surface area contributed by atoms with Crippen LogP contribution >= 0.6 is 0 Å². The summed E-state index contributed by atoms with van der Waals surface area (Å²) in [6.45, 7) is 4.50. The SMILES string of the molecule is CC1CCCCC1NC(=O)CCC1CCNC1. The van der Waals surface area contributed by atoms with Crippen molar-refractivity contribution in [2.24, 2.45) is 11.8 Å². The van der Waals surface area contributed by atoms with Gasteiger partial charge in [-0.1, -0.05) is 19.8 Å². The molecule has 0 aromatic carbocycles. The van der Waals surface area contributed by atoms with Crippen molar-refractivity contribution < 1.29 is 4.79 Å². The van der Waals surface area contributed by atoms with Gasteiger partial charge in [-0.2, -0.15) is 0 Å². The van der Waals surface area contributed by atoms with Crippen LogP contribution in [-0.2, 0) is 4.79 Å². The van der Waals surface area contributed by atoms with Gasteiger partial charge in [-0.3, -0.25) is 4.79 Å². The molecule has 98 valence electrons. The summed E-state index contributed by atoms with van der Waals surface area (Å²) >= 11 is 0. The Morgan fingerprint density at radius 2 is 2.12 bits per heavy atom. The first-order valence-electron chi connectivity index (χ1n) is 7.26. The fourth-order valence-electron chi connectivity index (χ4n) is 3.11. The number of hydrogen-bond acceptors (Lipinski definition) is 2. The summed E-state index contributed by atoms with van der Waals surface area (Å²) in [5, 5.41) is 6.59. The normalized spacial score (nSPS) is 33.6. The minimum atomic E-state index is 0.274. The topological polar surface area (TPSA) is 41.1 Å². The summed E-state index contributed by atoms with van der Waals surface area (Å²) in [5.41, 5.74) is 0. The van der Waals surface area contributed by atoms with Crippen molar-refractivity contribution in [3.8, 4) is 0 Å². The van der Waals surface area contributed by atoms with Crippen molar-refractivity contribution in [3.05, 3.63) is 0 Å². The Labute approximate surface area is 105 Å². The van der Waals surface area contributed by atoms with Crippen LogP contribution < -0.4 is 10.6 Å². The van der Waals surface area contributed by atoms with E-state index >= 15 is 0 Å². The first kappa shape index (κ1) is 12.9. The molecule has 1 saturated heterocycles. The van der Waals surface area contributed by atoms with Gasteiger partial charge in [0.15, 0.2) is 0 Å². The highest BCUT2D eigenvalue weighted by Crippen LogP contribution is 2.24. The lowest BCUT2D eigenvalue weighted by atomic mass is 9.86. The Morgan fingerprint density at radius 1 is 1.29 bits per heavy atom. The van der Waals surface area contributed by atoms with E-state index < -0.39 is 0 Å². The summed E-state index contributed by atoms with van der Waals surface area (Å²) in [5.74, 6) is 1.67. The van der Waals surface area contributed by atoms with Crippen molar-refractivity contribution in [3.63, 3.8) is 0 Å². The summed E-state index contributed by atoms with van der Waals surface area (Å²) in [4.78, 5) is 11.9. The maximum absolute atomic E-state index is 11.9. The molecular formula is C14H26N2O. The Morgan fingerprint density at radius 3 is 2.82 bits per heavy atom. The highest BCUT2D eigenvalue weighted by atomic mass is 16.1. The Kier molecular flexibility index (Phi) is 4.84. The molecule has 2 rings (SSSR count). The van der Waals surface area contributed by atoms with Crippen LogP contribution in [0.2, 0.25) is 0 Å². The van der Waals surface area contributed by atoms with Crippen LogP contribution in [0.1, 0.15) is 51.9 Å². The molecule has 1 aliphatic heterocycles. The van der Waals surface area contributed by atoms with Crippen LogP contribution in [0.5, 0.6) is 0 Å². The molecule has 17 heavy (non-hydrogen) atoms. The van der Waals surface area contributed by atoms with Gasteiger partial charge >= 0.3 is 0 Å². The molecule has 3 heteroatoms. The molecule has 2 fully saturated rings. The van der Waals surface area contributed by atoms with Gasteiger partial charge in [0.2, 0.25) is 5.91 Å². The van der Waals surface area contributed by atoms with Gasteiger partial charge in [0.1, 0.15) is 0 Å². The second kappa shape index (κ2) is 6.39. The zero-order chi connectivity index (χ0) is 12.1. The average Bonchev–Trinajstić information content (AvgIpc) is 2.82. The zero-order valence-electron chi connectivity index (χ0n) is 11.0. The largest absolute Gasteiger partial charge is 0.353 e. The van der Waals surface area contributed by atoms with Crippen LogP contribution in [0.3, 0.4) is 0 Å². The molecule has 3 atom stereocenters. The van der Waals surface area contributed by atoms with Crippen LogP contribution in [0.15, 0.2) is 0 Å². The zero-order valence-corrected chi connectivity index (χ0v) is 11.0. The lowest BCUT2D eigenvalue weighted by molar-refractivity contribution is -0.122. The molecule has 0 radical (unpaired) electrons. The summed E-state index contributed by atoms with van der Waals surface area (Å²) in [6.07, 6.45) is 8.08. The van der Waals surface area contributed by atoms with Crippen LogP contribution in [-0.4, -0.2) is 25.0 Å². The van der Waals surface area contributed by atoms with E-state index in [1.807, 2.05) is 0 Å². The molecule has 0 aromatic heterocycles.